The number of ether oxygens (including phenoxy) is 1. The number of fused-ring (bicyclic) bond motifs is 1. The first-order valence-corrected chi connectivity index (χ1v) is 13.1. The van der Waals surface area contributed by atoms with Gasteiger partial charge in [0.2, 0.25) is 10.0 Å². The van der Waals surface area contributed by atoms with Gasteiger partial charge in [0.1, 0.15) is 5.75 Å². The van der Waals surface area contributed by atoms with E-state index in [1.54, 1.807) is 18.2 Å². The average molecular weight is 500 g/mol. The lowest BCUT2D eigenvalue weighted by Crippen LogP contribution is -2.32. The Morgan fingerprint density at radius 2 is 1.85 bits per heavy atom. The van der Waals surface area contributed by atoms with Crippen LogP contribution in [-0.2, 0) is 10.0 Å². The monoisotopic (exact) mass is 499 g/mol. The van der Waals surface area contributed by atoms with Gasteiger partial charge in [-0.05, 0) is 62.3 Å². The predicted molar refractivity (Wildman–Crippen MR) is 140 cm³/mol. The predicted octanol–water partition coefficient (Wildman–Crippen LogP) is 3.73. The van der Waals surface area contributed by atoms with Gasteiger partial charge in [-0.2, -0.15) is 4.31 Å². The molecule has 4 rings (SSSR count). The van der Waals surface area contributed by atoms with Crippen LogP contribution in [0.25, 0.3) is 10.9 Å². The van der Waals surface area contributed by atoms with Crippen molar-refractivity contribution in [1.29, 1.82) is 0 Å². The SMILES string of the molecule is COc1ccc(S(=O)(=O)N2CCCC2)cc1NC(=S)NCCNc1cc(C)nc2ccccc12. The summed E-state index contributed by atoms with van der Waals surface area (Å²) < 4.78 is 32.8. The summed E-state index contributed by atoms with van der Waals surface area (Å²) in [7, 11) is -2.00. The van der Waals surface area contributed by atoms with Crippen LogP contribution in [0.1, 0.15) is 18.5 Å². The van der Waals surface area contributed by atoms with E-state index in [4.69, 9.17) is 17.0 Å². The van der Waals surface area contributed by atoms with E-state index >= 15 is 0 Å². The van der Waals surface area contributed by atoms with Crippen molar-refractivity contribution in [2.45, 2.75) is 24.7 Å². The third-order valence-corrected chi connectivity index (χ3v) is 7.83. The number of anilines is 2. The highest BCUT2D eigenvalue weighted by Crippen LogP contribution is 2.30. The van der Waals surface area contributed by atoms with E-state index < -0.39 is 10.0 Å². The van der Waals surface area contributed by atoms with Crippen LogP contribution in [0.2, 0.25) is 0 Å². The number of aromatic nitrogens is 1. The topological polar surface area (TPSA) is 95.6 Å². The van der Waals surface area contributed by atoms with Crippen LogP contribution in [-0.4, -0.2) is 56.1 Å². The zero-order chi connectivity index (χ0) is 24.1. The van der Waals surface area contributed by atoms with E-state index in [0.29, 0.717) is 42.7 Å². The van der Waals surface area contributed by atoms with Crippen LogP contribution in [0.5, 0.6) is 5.75 Å². The third-order valence-electron chi connectivity index (χ3n) is 5.69. The fourth-order valence-electron chi connectivity index (χ4n) is 4.02. The standard InChI is InChI=1S/C24H29N5O3S2/c1-17-15-21(19-7-3-4-8-20(19)27-17)25-11-12-26-24(33)28-22-16-18(9-10-23(22)32-2)34(30,31)29-13-5-6-14-29/h3-4,7-10,15-16H,5-6,11-14H2,1-2H3,(H,25,27)(H2,26,28,33). The summed E-state index contributed by atoms with van der Waals surface area (Å²) in [5.41, 5.74) is 3.42. The van der Waals surface area contributed by atoms with E-state index in [1.807, 2.05) is 37.3 Å². The number of thiocarbonyl (C=S) groups is 1. The molecule has 8 nitrogen and oxygen atoms in total. The first kappa shape index (κ1) is 24.2. The highest BCUT2D eigenvalue weighted by Gasteiger charge is 2.28. The van der Waals surface area contributed by atoms with E-state index in [2.05, 4.69) is 20.9 Å². The van der Waals surface area contributed by atoms with Gasteiger partial charge in [-0.1, -0.05) is 18.2 Å². The molecule has 3 aromatic rings. The Hall–Kier alpha value is -2.95. The van der Waals surface area contributed by atoms with Gasteiger partial charge in [0.15, 0.2) is 5.11 Å². The third kappa shape index (κ3) is 5.40. The normalized spacial score (nSPS) is 14.2. The highest BCUT2D eigenvalue weighted by atomic mass is 32.2. The zero-order valence-electron chi connectivity index (χ0n) is 19.3. The fourth-order valence-corrected chi connectivity index (χ4v) is 5.77. The van der Waals surface area contributed by atoms with Gasteiger partial charge < -0.3 is 20.7 Å². The number of benzene rings is 2. The quantitative estimate of drug-likeness (QED) is 0.319. The average Bonchev–Trinajstić information content (AvgIpc) is 3.37. The molecule has 2 aromatic carbocycles. The lowest BCUT2D eigenvalue weighted by molar-refractivity contribution is 0.416. The van der Waals surface area contributed by atoms with Gasteiger partial charge in [0.05, 0.1) is 23.2 Å². The summed E-state index contributed by atoms with van der Waals surface area (Å²) in [6.45, 7) is 4.28. The van der Waals surface area contributed by atoms with Crippen molar-refractivity contribution in [2.75, 3.05) is 43.9 Å². The molecule has 2 heterocycles. The molecule has 1 aliphatic rings. The minimum atomic E-state index is -3.54. The minimum absolute atomic E-state index is 0.224. The van der Waals surface area contributed by atoms with Gasteiger partial charge >= 0.3 is 0 Å². The number of hydrogen-bond donors (Lipinski definition) is 3. The number of nitrogens with one attached hydrogen (secondary N) is 3. The number of rotatable bonds is 8. The maximum absolute atomic E-state index is 12.9. The van der Waals surface area contributed by atoms with Crippen molar-refractivity contribution in [3.8, 4) is 5.75 Å². The zero-order valence-corrected chi connectivity index (χ0v) is 20.9. The number of hydrogen-bond acceptors (Lipinski definition) is 6. The summed E-state index contributed by atoms with van der Waals surface area (Å²) in [6.07, 6.45) is 1.77. The largest absolute Gasteiger partial charge is 0.495 e. The fraction of sp³-hybridized carbons (Fsp3) is 0.333. The molecule has 1 aromatic heterocycles. The lowest BCUT2D eigenvalue weighted by atomic mass is 10.1. The second kappa shape index (κ2) is 10.5. The molecule has 0 radical (unpaired) electrons. The van der Waals surface area contributed by atoms with Crippen LogP contribution in [0.3, 0.4) is 0 Å². The van der Waals surface area contributed by atoms with Crippen LogP contribution >= 0.6 is 12.2 Å². The molecule has 1 aliphatic heterocycles. The van der Waals surface area contributed by atoms with Crippen LogP contribution in [0, 0.1) is 6.92 Å². The summed E-state index contributed by atoms with van der Waals surface area (Å²) in [5.74, 6) is 0.515. The van der Waals surface area contributed by atoms with Crippen molar-refractivity contribution in [1.82, 2.24) is 14.6 Å². The molecular weight excluding hydrogens is 470 g/mol. The second-order valence-corrected chi connectivity index (χ2v) is 10.5. The Bertz CT molecular complexity index is 1290. The van der Waals surface area contributed by atoms with Crippen molar-refractivity contribution in [3.05, 3.63) is 54.2 Å². The van der Waals surface area contributed by atoms with Gasteiger partial charge in [-0.15, -0.1) is 0 Å². The first-order valence-electron chi connectivity index (χ1n) is 11.2. The number of sulfonamides is 1. The highest BCUT2D eigenvalue weighted by molar-refractivity contribution is 7.89. The molecule has 34 heavy (non-hydrogen) atoms. The lowest BCUT2D eigenvalue weighted by Gasteiger charge is -2.18. The minimum Gasteiger partial charge on any atom is -0.495 e. The second-order valence-electron chi connectivity index (χ2n) is 8.11. The number of para-hydroxylation sites is 1. The molecule has 0 saturated carbocycles. The number of nitrogens with zero attached hydrogens (tertiary/aromatic N) is 2. The van der Waals surface area contributed by atoms with E-state index in [1.165, 1.54) is 11.4 Å². The van der Waals surface area contributed by atoms with E-state index in [0.717, 1.165) is 35.1 Å². The Balaban J connectivity index is 1.37. The molecule has 1 fully saturated rings. The summed E-state index contributed by atoms with van der Waals surface area (Å²) >= 11 is 5.44. The molecular formula is C24H29N5O3S2. The molecule has 3 N–H and O–H groups in total. The molecule has 0 amide bonds. The summed E-state index contributed by atoms with van der Waals surface area (Å²) in [5, 5.41) is 11.1. The molecule has 10 heteroatoms. The molecule has 0 bridgehead atoms. The Morgan fingerprint density at radius 3 is 2.62 bits per heavy atom. The Kier molecular flexibility index (Phi) is 7.50. The van der Waals surface area contributed by atoms with Crippen LogP contribution < -0.4 is 20.7 Å². The van der Waals surface area contributed by atoms with Crippen molar-refractivity contribution in [3.63, 3.8) is 0 Å². The molecule has 0 aliphatic carbocycles. The summed E-state index contributed by atoms with van der Waals surface area (Å²) in [4.78, 5) is 4.79. The molecule has 0 spiro atoms. The Labute approximate surface area is 205 Å². The van der Waals surface area contributed by atoms with Crippen LogP contribution in [0.15, 0.2) is 53.4 Å². The van der Waals surface area contributed by atoms with E-state index in [9.17, 15) is 8.42 Å². The maximum Gasteiger partial charge on any atom is 0.243 e. The van der Waals surface area contributed by atoms with Gasteiger partial charge in [0.25, 0.3) is 0 Å². The van der Waals surface area contributed by atoms with Crippen LogP contribution in [0.4, 0.5) is 11.4 Å². The van der Waals surface area contributed by atoms with Gasteiger partial charge in [0, 0.05) is 42.9 Å². The Morgan fingerprint density at radius 1 is 1.09 bits per heavy atom. The molecule has 180 valence electrons. The maximum atomic E-state index is 12.9. The van der Waals surface area contributed by atoms with Gasteiger partial charge in [-0.25, -0.2) is 8.42 Å². The van der Waals surface area contributed by atoms with Gasteiger partial charge in [-0.3, -0.25) is 4.98 Å². The van der Waals surface area contributed by atoms with Crippen molar-refractivity contribution < 1.29 is 13.2 Å². The molecule has 0 atom stereocenters. The number of methoxy groups -OCH3 is 1. The number of pyridine rings is 1. The van der Waals surface area contributed by atoms with E-state index in [-0.39, 0.29) is 4.90 Å². The first-order chi connectivity index (χ1) is 16.4. The molecule has 1 saturated heterocycles. The van der Waals surface area contributed by atoms with Crippen molar-refractivity contribution >= 4 is 49.6 Å². The van der Waals surface area contributed by atoms with Crippen molar-refractivity contribution in [2.24, 2.45) is 0 Å². The summed E-state index contributed by atoms with van der Waals surface area (Å²) in [6, 6.07) is 14.8. The smallest absolute Gasteiger partial charge is 0.243 e. The molecule has 0 unspecified atom stereocenters. The number of aryl methyl sites for hydroxylation is 1.